The Labute approximate surface area is 187 Å². The van der Waals surface area contributed by atoms with Crippen LogP contribution in [-0.4, -0.2) is 82.1 Å². The number of benzene rings is 1. The maximum Gasteiger partial charge on any atom is 0.337 e. The van der Waals surface area contributed by atoms with Gasteiger partial charge in [0.05, 0.1) is 11.0 Å². The van der Waals surface area contributed by atoms with Crippen LogP contribution >= 0.6 is 11.8 Å². The van der Waals surface area contributed by atoms with Crippen LogP contribution in [0.5, 0.6) is 0 Å². The number of amides is 2. The summed E-state index contributed by atoms with van der Waals surface area (Å²) in [7, 11) is 3.34. The lowest BCUT2D eigenvalue weighted by atomic mass is 9.98. The van der Waals surface area contributed by atoms with Gasteiger partial charge in [-0.05, 0) is 18.1 Å². The summed E-state index contributed by atoms with van der Waals surface area (Å²) in [5.74, 6) is 1.98. The van der Waals surface area contributed by atoms with Gasteiger partial charge < -0.3 is 10.2 Å². The minimum Gasteiger partial charge on any atom is -0.347 e. The number of aromatic nitrogens is 2. The maximum atomic E-state index is 13.3. The molecule has 0 bridgehead atoms. The number of fused-ring (bicyclic) bond motifs is 1. The van der Waals surface area contributed by atoms with Crippen molar-refractivity contribution in [2.45, 2.75) is 32.9 Å². The third kappa shape index (κ3) is 5.15. The van der Waals surface area contributed by atoms with Crippen LogP contribution in [0.25, 0.3) is 11.0 Å². The van der Waals surface area contributed by atoms with Crippen LogP contribution < -0.4 is 11.0 Å². The molecule has 0 aliphatic carbocycles. The molecular formula is C22H33N5O3S. The van der Waals surface area contributed by atoms with Crippen molar-refractivity contribution in [3.63, 3.8) is 0 Å². The van der Waals surface area contributed by atoms with Gasteiger partial charge in [0.2, 0.25) is 5.91 Å². The van der Waals surface area contributed by atoms with Crippen LogP contribution in [0, 0.1) is 5.92 Å². The van der Waals surface area contributed by atoms with Crippen molar-refractivity contribution in [2.75, 3.05) is 45.2 Å². The van der Waals surface area contributed by atoms with E-state index in [4.69, 9.17) is 0 Å². The van der Waals surface area contributed by atoms with E-state index in [2.05, 4.69) is 10.2 Å². The summed E-state index contributed by atoms with van der Waals surface area (Å²) in [6.45, 7) is 7.23. The molecule has 1 aliphatic rings. The van der Waals surface area contributed by atoms with Gasteiger partial charge in [-0.15, -0.1) is 0 Å². The van der Waals surface area contributed by atoms with Crippen molar-refractivity contribution < 1.29 is 9.59 Å². The molecule has 3 rings (SSSR count). The standard InChI is InChI=1S/C22H33N5O3S/c1-5-16(2)19(20(28)24(3)4)23-21(29)27-18-9-7-6-8-17(18)26(22(27)30)11-10-25-12-14-31-15-13-25/h6-9,16,19H,5,10-15H2,1-4H3,(H,23,29)/t16-,19-/m0/s1. The smallest absolute Gasteiger partial charge is 0.337 e. The fraction of sp³-hybridized carbons (Fsp3) is 0.591. The first-order valence-corrected chi connectivity index (χ1v) is 12.0. The molecular weight excluding hydrogens is 414 g/mol. The first-order valence-electron chi connectivity index (χ1n) is 10.9. The molecule has 1 aliphatic heterocycles. The number of hydrogen-bond donors (Lipinski definition) is 1. The molecule has 2 aromatic rings. The Hall–Kier alpha value is -2.26. The summed E-state index contributed by atoms with van der Waals surface area (Å²) < 4.78 is 2.84. The number of para-hydroxylation sites is 2. The van der Waals surface area contributed by atoms with E-state index in [-0.39, 0.29) is 17.5 Å². The van der Waals surface area contributed by atoms with Crippen molar-refractivity contribution >= 4 is 34.7 Å². The molecule has 2 amide bonds. The average molecular weight is 448 g/mol. The highest BCUT2D eigenvalue weighted by atomic mass is 32.2. The van der Waals surface area contributed by atoms with E-state index in [1.165, 1.54) is 9.47 Å². The fourth-order valence-electron chi connectivity index (χ4n) is 3.85. The molecule has 1 aromatic heterocycles. The molecule has 2 heterocycles. The van der Waals surface area contributed by atoms with Crippen LogP contribution in [0.15, 0.2) is 29.1 Å². The molecule has 0 spiro atoms. The Balaban J connectivity index is 1.90. The van der Waals surface area contributed by atoms with Crippen LogP contribution in [0.3, 0.4) is 0 Å². The van der Waals surface area contributed by atoms with Gasteiger partial charge in [0.15, 0.2) is 0 Å². The van der Waals surface area contributed by atoms with E-state index in [1.54, 1.807) is 24.7 Å². The number of rotatable bonds is 7. The largest absolute Gasteiger partial charge is 0.347 e. The van der Waals surface area contributed by atoms with Gasteiger partial charge in [-0.2, -0.15) is 11.8 Å². The second kappa shape index (κ2) is 10.4. The van der Waals surface area contributed by atoms with E-state index < -0.39 is 12.1 Å². The third-order valence-electron chi connectivity index (χ3n) is 5.98. The van der Waals surface area contributed by atoms with Crippen LogP contribution in [0.2, 0.25) is 0 Å². The fourth-order valence-corrected chi connectivity index (χ4v) is 4.82. The zero-order valence-corrected chi connectivity index (χ0v) is 19.7. The van der Waals surface area contributed by atoms with Crippen molar-refractivity contribution in [1.82, 2.24) is 24.3 Å². The molecule has 1 saturated heterocycles. The minimum atomic E-state index is -0.688. The zero-order chi connectivity index (χ0) is 22.5. The first kappa shape index (κ1) is 23.4. The molecule has 170 valence electrons. The van der Waals surface area contributed by atoms with Crippen LogP contribution in [-0.2, 0) is 11.3 Å². The quantitative estimate of drug-likeness (QED) is 0.702. The highest BCUT2D eigenvalue weighted by molar-refractivity contribution is 7.99. The second-order valence-corrected chi connectivity index (χ2v) is 9.48. The average Bonchev–Trinajstić information content (AvgIpc) is 3.06. The highest BCUT2D eigenvalue weighted by Gasteiger charge is 2.29. The van der Waals surface area contributed by atoms with Crippen LogP contribution in [0.1, 0.15) is 20.3 Å². The van der Waals surface area contributed by atoms with Gasteiger partial charge in [-0.25, -0.2) is 14.2 Å². The molecule has 1 aromatic carbocycles. The molecule has 0 unspecified atom stereocenters. The lowest BCUT2D eigenvalue weighted by Gasteiger charge is -2.26. The number of thioether (sulfide) groups is 1. The second-order valence-electron chi connectivity index (χ2n) is 8.26. The lowest BCUT2D eigenvalue weighted by Crippen LogP contribution is -2.52. The Bertz CT molecular complexity index is 977. The Morgan fingerprint density at radius 2 is 1.77 bits per heavy atom. The summed E-state index contributed by atoms with van der Waals surface area (Å²) in [6.07, 6.45) is 0.731. The van der Waals surface area contributed by atoms with E-state index in [9.17, 15) is 14.4 Å². The predicted molar refractivity (Wildman–Crippen MR) is 126 cm³/mol. The first-order chi connectivity index (χ1) is 14.8. The molecule has 2 atom stereocenters. The van der Waals surface area contributed by atoms with Crippen molar-refractivity contribution in [3.8, 4) is 0 Å². The Kier molecular flexibility index (Phi) is 7.83. The number of imidazole rings is 1. The lowest BCUT2D eigenvalue weighted by molar-refractivity contribution is -0.131. The Morgan fingerprint density at radius 3 is 2.39 bits per heavy atom. The monoisotopic (exact) mass is 447 g/mol. The van der Waals surface area contributed by atoms with Gasteiger partial charge in [-0.1, -0.05) is 32.4 Å². The van der Waals surface area contributed by atoms with Gasteiger partial charge in [0.1, 0.15) is 6.04 Å². The maximum absolute atomic E-state index is 13.3. The zero-order valence-electron chi connectivity index (χ0n) is 18.8. The Morgan fingerprint density at radius 1 is 1.13 bits per heavy atom. The van der Waals surface area contributed by atoms with Gasteiger partial charge >= 0.3 is 11.7 Å². The summed E-state index contributed by atoms with van der Waals surface area (Å²) in [5, 5.41) is 2.82. The molecule has 9 heteroatoms. The van der Waals surface area contributed by atoms with Gasteiger partial charge in [0, 0.05) is 51.8 Å². The van der Waals surface area contributed by atoms with E-state index in [0.29, 0.717) is 12.1 Å². The number of nitrogens with zero attached hydrogens (tertiary/aromatic N) is 4. The van der Waals surface area contributed by atoms with Crippen molar-refractivity contribution in [3.05, 3.63) is 34.7 Å². The summed E-state index contributed by atoms with van der Waals surface area (Å²) in [5.41, 5.74) is 0.915. The van der Waals surface area contributed by atoms with Gasteiger partial charge in [-0.3, -0.25) is 14.3 Å². The van der Waals surface area contributed by atoms with E-state index in [0.717, 1.165) is 43.1 Å². The molecule has 0 radical (unpaired) electrons. The minimum absolute atomic E-state index is 0.0557. The molecule has 0 saturated carbocycles. The summed E-state index contributed by atoms with van der Waals surface area (Å²) in [6, 6.07) is 6.08. The highest BCUT2D eigenvalue weighted by Crippen LogP contribution is 2.15. The van der Waals surface area contributed by atoms with Crippen LogP contribution in [0.4, 0.5) is 4.79 Å². The number of carbonyl (C=O) groups is 2. The molecule has 8 nitrogen and oxygen atoms in total. The predicted octanol–water partition coefficient (Wildman–Crippen LogP) is 1.91. The van der Waals surface area contributed by atoms with Crippen molar-refractivity contribution in [2.24, 2.45) is 5.92 Å². The molecule has 1 N–H and O–H groups in total. The van der Waals surface area contributed by atoms with E-state index >= 15 is 0 Å². The topological polar surface area (TPSA) is 79.6 Å². The normalized spacial score (nSPS) is 16.8. The van der Waals surface area contributed by atoms with Gasteiger partial charge in [0.25, 0.3) is 0 Å². The summed E-state index contributed by atoms with van der Waals surface area (Å²) >= 11 is 1.95. The van der Waals surface area contributed by atoms with Crippen molar-refractivity contribution in [1.29, 1.82) is 0 Å². The third-order valence-corrected chi connectivity index (χ3v) is 6.92. The number of likely N-dealkylation sites (N-methyl/N-ethyl adjacent to an activating group) is 1. The summed E-state index contributed by atoms with van der Waals surface area (Å²) in [4.78, 5) is 43.0. The molecule has 31 heavy (non-hydrogen) atoms. The molecule has 1 fully saturated rings. The number of hydrogen-bond acceptors (Lipinski definition) is 5. The number of carbonyl (C=O) groups excluding carboxylic acids is 2. The SMILES string of the molecule is CC[C@H](C)[C@H](NC(=O)n1c(=O)n(CCN2CCSCC2)c2ccccc21)C(=O)N(C)C. The van der Waals surface area contributed by atoms with E-state index in [1.807, 2.05) is 43.8 Å². The number of nitrogens with one attached hydrogen (secondary N) is 1.